The van der Waals surface area contributed by atoms with Gasteiger partial charge in [0, 0.05) is 19.6 Å². The first kappa shape index (κ1) is 15.1. The predicted molar refractivity (Wildman–Crippen MR) is 69.4 cm³/mol. The Hall–Kier alpha value is -0.990. The van der Waals surface area contributed by atoms with Crippen LogP contribution in [-0.4, -0.2) is 41.0 Å². The first-order chi connectivity index (χ1) is 8.33. The minimum atomic E-state index is -3.34. The summed E-state index contributed by atoms with van der Waals surface area (Å²) < 4.78 is 28.1. The third-order valence-electron chi connectivity index (χ3n) is 2.58. The molecule has 0 aliphatic rings. The normalized spacial score (nSPS) is 14.1. The Labute approximate surface area is 108 Å². The monoisotopic (exact) mass is 275 g/mol. The standard InChI is InChI=1S/C10H21N5O2S/c1-8(2)11-5-9(3)18(16,17)13-6-10-14-12-7-15(10)4/h7-9,11,13H,5-6H2,1-4H3. The lowest BCUT2D eigenvalue weighted by Crippen LogP contribution is -2.40. The summed E-state index contributed by atoms with van der Waals surface area (Å²) in [5.41, 5.74) is 0. The molecule has 104 valence electrons. The molecule has 1 aromatic rings. The third kappa shape index (κ3) is 4.35. The highest BCUT2D eigenvalue weighted by Crippen LogP contribution is 2.00. The van der Waals surface area contributed by atoms with Gasteiger partial charge in [0.1, 0.15) is 12.2 Å². The van der Waals surface area contributed by atoms with Crippen LogP contribution in [0.4, 0.5) is 0 Å². The Morgan fingerprint density at radius 2 is 2.06 bits per heavy atom. The molecule has 7 nitrogen and oxygen atoms in total. The lowest BCUT2D eigenvalue weighted by Gasteiger charge is -2.16. The molecule has 0 aliphatic heterocycles. The first-order valence-electron chi connectivity index (χ1n) is 5.87. The second-order valence-corrected chi connectivity index (χ2v) is 6.78. The maximum atomic E-state index is 11.9. The summed E-state index contributed by atoms with van der Waals surface area (Å²) in [6.07, 6.45) is 1.54. The highest BCUT2D eigenvalue weighted by Gasteiger charge is 2.20. The van der Waals surface area contributed by atoms with Gasteiger partial charge >= 0.3 is 0 Å². The summed E-state index contributed by atoms with van der Waals surface area (Å²) in [6.45, 7) is 6.21. The molecular weight excluding hydrogens is 254 g/mol. The van der Waals surface area contributed by atoms with Gasteiger partial charge in [-0.15, -0.1) is 10.2 Å². The fourth-order valence-electron chi connectivity index (χ4n) is 1.29. The van der Waals surface area contributed by atoms with Crippen molar-refractivity contribution in [1.82, 2.24) is 24.8 Å². The fraction of sp³-hybridized carbons (Fsp3) is 0.800. The molecule has 0 bridgehead atoms. The summed E-state index contributed by atoms with van der Waals surface area (Å²) in [4.78, 5) is 0. The van der Waals surface area contributed by atoms with E-state index in [4.69, 9.17) is 0 Å². The second-order valence-electron chi connectivity index (χ2n) is 4.60. The van der Waals surface area contributed by atoms with Crippen molar-refractivity contribution >= 4 is 10.0 Å². The second kappa shape index (κ2) is 6.26. The Morgan fingerprint density at radius 3 is 2.56 bits per heavy atom. The van der Waals surface area contributed by atoms with Gasteiger partial charge in [0.05, 0.1) is 11.8 Å². The van der Waals surface area contributed by atoms with E-state index in [0.717, 1.165) is 0 Å². The van der Waals surface area contributed by atoms with Crippen molar-refractivity contribution in [2.45, 2.75) is 38.6 Å². The maximum absolute atomic E-state index is 11.9. The summed E-state index contributed by atoms with van der Waals surface area (Å²) >= 11 is 0. The van der Waals surface area contributed by atoms with Crippen LogP contribution >= 0.6 is 0 Å². The minimum absolute atomic E-state index is 0.158. The molecule has 2 N–H and O–H groups in total. The van der Waals surface area contributed by atoms with E-state index in [2.05, 4.69) is 20.2 Å². The number of aryl methyl sites for hydroxylation is 1. The molecule has 8 heteroatoms. The van der Waals surface area contributed by atoms with Gasteiger partial charge in [-0.05, 0) is 6.92 Å². The van der Waals surface area contributed by atoms with Gasteiger partial charge in [-0.3, -0.25) is 0 Å². The van der Waals surface area contributed by atoms with Gasteiger partial charge in [-0.1, -0.05) is 13.8 Å². The quantitative estimate of drug-likeness (QED) is 0.708. The highest BCUT2D eigenvalue weighted by molar-refractivity contribution is 7.90. The number of hydrogen-bond donors (Lipinski definition) is 2. The van der Waals surface area contributed by atoms with Crippen molar-refractivity contribution in [3.63, 3.8) is 0 Å². The van der Waals surface area contributed by atoms with Gasteiger partial charge < -0.3 is 9.88 Å². The van der Waals surface area contributed by atoms with Crippen LogP contribution in [0.25, 0.3) is 0 Å². The number of nitrogens with one attached hydrogen (secondary N) is 2. The molecule has 18 heavy (non-hydrogen) atoms. The van der Waals surface area contributed by atoms with E-state index in [0.29, 0.717) is 12.4 Å². The number of sulfonamides is 1. The van der Waals surface area contributed by atoms with E-state index < -0.39 is 15.3 Å². The molecule has 0 amide bonds. The molecule has 0 spiro atoms. The SMILES string of the molecule is CC(C)NCC(C)S(=O)(=O)NCc1nncn1C. The predicted octanol–water partition coefficient (Wildman–Crippen LogP) is -0.379. The van der Waals surface area contributed by atoms with E-state index in [1.165, 1.54) is 6.33 Å². The Balaban J connectivity index is 2.51. The largest absolute Gasteiger partial charge is 0.320 e. The number of hydrogen-bond acceptors (Lipinski definition) is 5. The van der Waals surface area contributed by atoms with Crippen molar-refractivity contribution in [3.8, 4) is 0 Å². The Bertz CT molecular complexity index is 468. The minimum Gasteiger partial charge on any atom is -0.320 e. The van der Waals surface area contributed by atoms with E-state index in [-0.39, 0.29) is 12.6 Å². The van der Waals surface area contributed by atoms with Gasteiger partial charge in [-0.2, -0.15) is 0 Å². The average molecular weight is 275 g/mol. The van der Waals surface area contributed by atoms with Gasteiger partial charge in [0.15, 0.2) is 0 Å². The number of aromatic nitrogens is 3. The maximum Gasteiger partial charge on any atom is 0.215 e. The van der Waals surface area contributed by atoms with E-state index >= 15 is 0 Å². The van der Waals surface area contributed by atoms with Crippen LogP contribution < -0.4 is 10.0 Å². The summed E-state index contributed by atoms with van der Waals surface area (Å²) in [7, 11) is -1.57. The van der Waals surface area contributed by atoms with Crippen molar-refractivity contribution < 1.29 is 8.42 Å². The molecule has 0 saturated carbocycles. The van der Waals surface area contributed by atoms with Crippen LogP contribution in [0.5, 0.6) is 0 Å². The molecule has 1 rings (SSSR count). The zero-order valence-corrected chi connectivity index (χ0v) is 12.0. The van der Waals surface area contributed by atoms with Crippen molar-refractivity contribution in [3.05, 3.63) is 12.2 Å². The van der Waals surface area contributed by atoms with Crippen LogP contribution in [0.1, 0.15) is 26.6 Å². The van der Waals surface area contributed by atoms with Crippen molar-refractivity contribution in [2.75, 3.05) is 6.54 Å². The van der Waals surface area contributed by atoms with Crippen molar-refractivity contribution in [2.24, 2.45) is 7.05 Å². The Morgan fingerprint density at radius 1 is 1.39 bits per heavy atom. The van der Waals surface area contributed by atoms with Crippen molar-refractivity contribution in [1.29, 1.82) is 0 Å². The van der Waals surface area contributed by atoms with Gasteiger partial charge in [0.25, 0.3) is 0 Å². The van der Waals surface area contributed by atoms with Gasteiger partial charge in [-0.25, -0.2) is 13.1 Å². The lowest BCUT2D eigenvalue weighted by molar-refractivity contribution is 0.538. The third-order valence-corrected chi connectivity index (χ3v) is 4.35. The van der Waals surface area contributed by atoms with Gasteiger partial charge in [0.2, 0.25) is 10.0 Å². The fourth-order valence-corrected chi connectivity index (χ4v) is 2.22. The number of nitrogens with zero attached hydrogens (tertiary/aromatic N) is 3. The molecular formula is C10H21N5O2S. The highest BCUT2D eigenvalue weighted by atomic mass is 32.2. The molecule has 0 aliphatic carbocycles. The average Bonchev–Trinajstić information content (AvgIpc) is 2.69. The topological polar surface area (TPSA) is 88.9 Å². The zero-order valence-electron chi connectivity index (χ0n) is 11.2. The molecule has 1 aromatic heterocycles. The van der Waals surface area contributed by atoms with E-state index in [1.54, 1.807) is 18.5 Å². The molecule has 1 unspecified atom stereocenters. The molecule has 0 aromatic carbocycles. The smallest absolute Gasteiger partial charge is 0.215 e. The van der Waals surface area contributed by atoms with Crippen LogP contribution in [0, 0.1) is 0 Å². The zero-order chi connectivity index (χ0) is 13.8. The van der Waals surface area contributed by atoms with Crippen LogP contribution in [0.15, 0.2) is 6.33 Å². The molecule has 1 heterocycles. The van der Waals surface area contributed by atoms with Crippen LogP contribution in [0.2, 0.25) is 0 Å². The van der Waals surface area contributed by atoms with Crippen LogP contribution in [-0.2, 0) is 23.6 Å². The van der Waals surface area contributed by atoms with E-state index in [9.17, 15) is 8.42 Å². The molecule has 0 fully saturated rings. The first-order valence-corrected chi connectivity index (χ1v) is 7.42. The van der Waals surface area contributed by atoms with E-state index in [1.807, 2.05) is 13.8 Å². The van der Waals surface area contributed by atoms with Crippen LogP contribution in [0.3, 0.4) is 0 Å². The molecule has 1 atom stereocenters. The summed E-state index contributed by atoms with van der Waals surface area (Å²) in [5, 5.41) is 10.1. The molecule has 0 saturated heterocycles. The number of rotatable bonds is 7. The lowest BCUT2D eigenvalue weighted by atomic mass is 10.3. The summed E-state index contributed by atoms with van der Waals surface area (Å²) in [5.74, 6) is 0.586. The Kier molecular flexibility index (Phi) is 5.24. The molecule has 0 radical (unpaired) electrons. The summed E-state index contributed by atoms with van der Waals surface area (Å²) in [6, 6.07) is 0.265.